The highest BCUT2D eigenvalue weighted by molar-refractivity contribution is 7.79. The lowest BCUT2D eigenvalue weighted by Crippen LogP contribution is -2.48. The second kappa shape index (κ2) is 4.07. The zero-order valence-electron chi connectivity index (χ0n) is 9.40. The Balaban J connectivity index is 2.09. The van der Waals surface area contributed by atoms with Gasteiger partial charge in [0, 0.05) is 23.2 Å². The van der Waals surface area contributed by atoms with Gasteiger partial charge in [-0.1, -0.05) is 12.2 Å². The van der Waals surface area contributed by atoms with Crippen LogP contribution in [0.2, 0.25) is 0 Å². The van der Waals surface area contributed by atoms with Crippen LogP contribution in [-0.2, 0) is 0 Å². The highest BCUT2D eigenvalue weighted by Gasteiger charge is 2.38. The van der Waals surface area contributed by atoms with Crippen molar-refractivity contribution >= 4 is 23.4 Å². The number of hydrogen-bond donors (Lipinski definition) is 2. The van der Waals surface area contributed by atoms with Gasteiger partial charge in [-0.2, -0.15) is 0 Å². The highest BCUT2D eigenvalue weighted by Crippen LogP contribution is 2.33. The number of hydrogen-bond acceptors (Lipinski definition) is 5. The van der Waals surface area contributed by atoms with Gasteiger partial charge >= 0.3 is 0 Å². The minimum Gasteiger partial charge on any atom is -0.390 e. The summed E-state index contributed by atoms with van der Waals surface area (Å²) in [4.78, 5) is 8.40. The van der Waals surface area contributed by atoms with Crippen molar-refractivity contribution in [3.8, 4) is 0 Å². The van der Waals surface area contributed by atoms with Crippen LogP contribution in [0.25, 0.3) is 0 Å². The first-order valence-electron chi connectivity index (χ1n) is 5.28. The Hall–Kier alpha value is -1.07. The molecule has 0 aliphatic heterocycles. The van der Waals surface area contributed by atoms with Gasteiger partial charge in [-0.05, 0) is 26.7 Å². The van der Waals surface area contributed by atoms with Crippen molar-refractivity contribution in [2.75, 3.05) is 5.32 Å². The summed E-state index contributed by atoms with van der Waals surface area (Å²) in [7, 11) is 0. The zero-order chi connectivity index (χ0) is 11.8. The molecule has 1 aromatic rings. The Morgan fingerprint density at radius 2 is 2.31 bits per heavy atom. The van der Waals surface area contributed by atoms with E-state index >= 15 is 0 Å². The third-order valence-corrected chi connectivity index (χ3v) is 3.03. The van der Waals surface area contributed by atoms with Crippen molar-refractivity contribution in [3.63, 3.8) is 0 Å². The number of thiocarbonyl (C=S) groups is 1. The van der Waals surface area contributed by atoms with Crippen LogP contribution >= 0.6 is 12.2 Å². The molecule has 1 aliphatic rings. The number of anilines is 1. The maximum absolute atomic E-state index is 9.64. The number of nitrogens with one attached hydrogen (secondary N) is 1. The highest BCUT2D eigenvalue weighted by atomic mass is 32.1. The summed E-state index contributed by atoms with van der Waals surface area (Å²) in [5, 5.41) is 14.5. The minimum absolute atomic E-state index is 0.276. The van der Waals surface area contributed by atoms with Crippen LogP contribution in [0, 0.1) is 6.92 Å². The van der Waals surface area contributed by atoms with Crippen LogP contribution in [0.15, 0.2) is 6.20 Å². The van der Waals surface area contributed by atoms with Crippen molar-refractivity contribution in [2.45, 2.75) is 38.3 Å². The van der Waals surface area contributed by atoms with E-state index in [2.05, 4.69) is 15.3 Å². The maximum Gasteiger partial charge on any atom is 0.138 e. The SMILES string of the molecule is Cc1ncc(C=S)c(NC2CC(C)(O)C2)n1. The maximum atomic E-state index is 9.64. The van der Waals surface area contributed by atoms with E-state index in [1.165, 1.54) is 0 Å². The van der Waals surface area contributed by atoms with Crippen molar-refractivity contribution < 1.29 is 5.11 Å². The second-order valence-corrected chi connectivity index (χ2v) is 4.82. The number of aryl methyl sites for hydroxylation is 1. The summed E-state index contributed by atoms with van der Waals surface area (Å²) >= 11 is 4.91. The van der Waals surface area contributed by atoms with Crippen LogP contribution < -0.4 is 5.32 Å². The summed E-state index contributed by atoms with van der Waals surface area (Å²) in [6, 6.07) is 0.276. The minimum atomic E-state index is -0.530. The molecule has 5 heteroatoms. The van der Waals surface area contributed by atoms with Crippen LogP contribution in [0.3, 0.4) is 0 Å². The van der Waals surface area contributed by atoms with Gasteiger partial charge < -0.3 is 10.4 Å². The van der Waals surface area contributed by atoms with Crippen LogP contribution in [0.4, 0.5) is 5.82 Å². The Labute approximate surface area is 100 Å². The van der Waals surface area contributed by atoms with Crippen LogP contribution in [0.1, 0.15) is 31.2 Å². The standard InChI is InChI=1S/C11H15N3OS/c1-7-12-5-8(6-16)10(13-7)14-9-3-11(2,15)4-9/h5-6,9,15H,3-4H2,1-2H3,(H,12,13,14). The topological polar surface area (TPSA) is 58.0 Å². The molecule has 86 valence electrons. The van der Waals surface area contributed by atoms with Gasteiger partial charge in [0.15, 0.2) is 0 Å². The molecule has 0 bridgehead atoms. The fraction of sp³-hybridized carbons (Fsp3) is 0.545. The predicted octanol–water partition coefficient (Wildman–Crippen LogP) is 1.46. The van der Waals surface area contributed by atoms with E-state index in [9.17, 15) is 5.11 Å². The van der Waals surface area contributed by atoms with Gasteiger partial charge in [-0.15, -0.1) is 0 Å². The molecule has 1 heterocycles. The molecule has 16 heavy (non-hydrogen) atoms. The number of rotatable bonds is 3. The smallest absolute Gasteiger partial charge is 0.138 e. The van der Waals surface area contributed by atoms with Gasteiger partial charge in [-0.25, -0.2) is 9.97 Å². The quantitative estimate of drug-likeness (QED) is 0.779. The Kier molecular flexibility index (Phi) is 2.90. The first-order valence-corrected chi connectivity index (χ1v) is 5.75. The molecule has 1 fully saturated rings. The number of aromatic nitrogens is 2. The molecule has 2 rings (SSSR count). The Morgan fingerprint density at radius 1 is 1.62 bits per heavy atom. The fourth-order valence-corrected chi connectivity index (χ4v) is 2.15. The molecule has 1 aliphatic carbocycles. The zero-order valence-corrected chi connectivity index (χ0v) is 10.2. The normalized spacial score (nSPS) is 28.3. The summed E-state index contributed by atoms with van der Waals surface area (Å²) in [5.41, 5.74) is 0.296. The van der Waals surface area contributed by atoms with Gasteiger partial charge in [0.25, 0.3) is 0 Å². The monoisotopic (exact) mass is 237 g/mol. The van der Waals surface area contributed by atoms with Crippen molar-refractivity contribution in [3.05, 3.63) is 17.6 Å². The average molecular weight is 237 g/mol. The molecule has 0 atom stereocenters. The molecule has 0 amide bonds. The van der Waals surface area contributed by atoms with Crippen molar-refractivity contribution in [2.24, 2.45) is 0 Å². The lowest BCUT2D eigenvalue weighted by Gasteiger charge is -2.41. The van der Waals surface area contributed by atoms with E-state index in [1.54, 1.807) is 11.6 Å². The average Bonchev–Trinajstić information content (AvgIpc) is 2.15. The summed E-state index contributed by atoms with van der Waals surface area (Å²) in [6.07, 6.45) is 3.20. The molecule has 2 N–H and O–H groups in total. The first kappa shape index (κ1) is 11.4. The van der Waals surface area contributed by atoms with E-state index in [-0.39, 0.29) is 6.04 Å². The third-order valence-electron chi connectivity index (χ3n) is 2.78. The van der Waals surface area contributed by atoms with E-state index in [4.69, 9.17) is 12.2 Å². The molecule has 0 radical (unpaired) electrons. The molecular formula is C11H15N3OS. The number of nitrogens with zero attached hydrogens (tertiary/aromatic N) is 2. The Morgan fingerprint density at radius 3 is 2.88 bits per heavy atom. The third kappa shape index (κ3) is 2.36. The van der Waals surface area contributed by atoms with E-state index in [0.29, 0.717) is 5.82 Å². The predicted molar refractivity (Wildman–Crippen MR) is 66.8 cm³/mol. The van der Waals surface area contributed by atoms with Crippen LogP contribution in [0.5, 0.6) is 0 Å². The first-order chi connectivity index (χ1) is 7.50. The van der Waals surface area contributed by atoms with Crippen LogP contribution in [-0.4, -0.2) is 32.1 Å². The van der Waals surface area contributed by atoms with Gasteiger partial charge in [-0.3, -0.25) is 0 Å². The van der Waals surface area contributed by atoms with Gasteiger partial charge in [0.05, 0.1) is 5.60 Å². The molecule has 0 saturated heterocycles. The lowest BCUT2D eigenvalue weighted by molar-refractivity contribution is -0.0235. The van der Waals surface area contributed by atoms with Crippen molar-refractivity contribution in [1.29, 1.82) is 0 Å². The molecular weight excluding hydrogens is 222 g/mol. The fourth-order valence-electron chi connectivity index (χ4n) is 1.98. The second-order valence-electron chi connectivity index (χ2n) is 4.59. The molecule has 4 nitrogen and oxygen atoms in total. The molecule has 1 saturated carbocycles. The molecule has 0 aromatic carbocycles. The van der Waals surface area contributed by atoms with Gasteiger partial charge in [0.1, 0.15) is 11.6 Å². The van der Waals surface area contributed by atoms with E-state index in [0.717, 1.165) is 24.2 Å². The summed E-state index contributed by atoms with van der Waals surface area (Å²) < 4.78 is 0. The lowest BCUT2D eigenvalue weighted by atomic mass is 9.77. The van der Waals surface area contributed by atoms with E-state index < -0.39 is 5.60 Å². The van der Waals surface area contributed by atoms with E-state index in [1.807, 2.05) is 13.8 Å². The van der Waals surface area contributed by atoms with Gasteiger partial charge in [0.2, 0.25) is 0 Å². The number of aliphatic hydroxyl groups is 1. The summed E-state index contributed by atoms with van der Waals surface area (Å²) in [5.74, 6) is 1.48. The largest absolute Gasteiger partial charge is 0.390 e. The molecule has 0 spiro atoms. The summed E-state index contributed by atoms with van der Waals surface area (Å²) in [6.45, 7) is 3.69. The van der Waals surface area contributed by atoms with Crippen molar-refractivity contribution in [1.82, 2.24) is 9.97 Å². The Bertz CT molecular complexity index is 412. The molecule has 1 aromatic heterocycles. The molecule has 0 unspecified atom stereocenters.